The molecule has 116 valence electrons. The predicted molar refractivity (Wildman–Crippen MR) is 82.1 cm³/mol. The second kappa shape index (κ2) is 5.85. The Labute approximate surface area is 126 Å². The summed E-state index contributed by atoms with van der Waals surface area (Å²) >= 11 is 0. The fraction of sp³-hybridized carbons (Fsp3) is 0.647. The van der Waals surface area contributed by atoms with E-state index < -0.39 is 0 Å². The number of methoxy groups -OCH3 is 2. The van der Waals surface area contributed by atoms with Crippen LogP contribution in [0.4, 0.5) is 0 Å². The van der Waals surface area contributed by atoms with Gasteiger partial charge in [-0.15, -0.1) is 0 Å². The van der Waals surface area contributed by atoms with Crippen molar-refractivity contribution in [2.45, 2.75) is 31.8 Å². The van der Waals surface area contributed by atoms with Crippen LogP contribution in [0.15, 0.2) is 12.1 Å². The minimum Gasteiger partial charge on any atom is -0.493 e. The molecule has 1 aromatic carbocycles. The molecular formula is C17H25NO3. The summed E-state index contributed by atoms with van der Waals surface area (Å²) in [5.74, 6) is 2.16. The molecule has 2 heterocycles. The van der Waals surface area contributed by atoms with Crippen molar-refractivity contribution in [3.63, 3.8) is 0 Å². The Bertz CT molecular complexity index is 511. The molecule has 21 heavy (non-hydrogen) atoms. The van der Waals surface area contributed by atoms with Crippen LogP contribution in [-0.2, 0) is 16.8 Å². The minimum atomic E-state index is -0.213. The molecule has 1 atom stereocenters. The lowest BCUT2D eigenvalue weighted by Gasteiger charge is -2.44. The first-order valence-corrected chi connectivity index (χ1v) is 7.79. The smallest absolute Gasteiger partial charge is 0.161 e. The fourth-order valence-electron chi connectivity index (χ4n) is 3.75. The SMILES string of the molecule is COc1cc2c(cc1OC)C(C)(C1CCNCC1)OCC2. The van der Waals surface area contributed by atoms with Crippen molar-refractivity contribution < 1.29 is 14.2 Å². The molecule has 4 heteroatoms. The highest BCUT2D eigenvalue weighted by Crippen LogP contribution is 2.45. The van der Waals surface area contributed by atoms with Crippen LogP contribution in [0.2, 0.25) is 0 Å². The molecule has 1 fully saturated rings. The summed E-state index contributed by atoms with van der Waals surface area (Å²) in [6.45, 7) is 5.17. The molecule has 1 N–H and O–H groups in total. The molecule has 1 unspecified atom stereocenters. The van der Waals surface area contributed by atoms with Gasteiger partial charge in [-0.05, 0) is 68.5 Å². The van der Waals surface area contributed by atoms with Crippen LogP contribution < -0.4 is 14.8 Å². The Kier molecular flexibility index (Phi) is 4.09. The highest BCUT2D eigenvalue weighted by molar-refractivity contribution is 5.50. The Morgan fingerprint density at radius 1 is 1.14 bits per heavy atom. The van der Waals surface area contributed by atoms with E-state index in [-0.39, 0.29) is 5.60 Å². The third-order valence-electron chi connectivity index (χ3n) is 5.04. The zero-order chi connectivity index (χ0) is 14.9. The lowest BCUT2D eigenvalue weighted by molar-refractivity contribution is -0.0964. The van der Waals surface area contributed by atoms with Crippen LogP contribution in [0.5, 0.6) is 11.5 Å². The molecule has 1 saturated heterocycles. The van der Waals surface area contributed by atoms with Crippen LogP contribution >= 0.6 is 0 Å². The maximum atomic E-state index is 6.28. The summed E-state index contributed by atoms with van der Waals surface area (Å²) in [6.07, 6.45) is 3.25. The quantitative estimate of drug-likeness (QED) is 0.929. The molecular weight excluding hydrogens is 266 g/mol. The molecule has 2 aliphatic heterocycles. The van der Waals surface area contributed by atoms with Crippen molar-refractivity contribution >= 4 is 0 Å². The number of hydrogen-bond acceptors (Lipinski definition) is 4. The largest absolute Gasteiger partial charge is 0.493 e. The lowest BCUT2D eigenvalue weighted by atomic mass is 9.74. The molecule has 1 aromatic rings. The third kappa shape index (κ3) is 2.51. The van der Waals surface area contributed by atoms with E-state index in [2.05, 4.69) is 24.4 Å². The molecule has 0 radical (unpaired) electrons. The van der Waals surface area contributed by atoms with E-state index in [0.29, 0.717) is 5.92 Å². The Hall–Kier alpha value is -1.26. The van der Waals surface area contributed by atoms with Crippen molar-refractivity contribution in [2.24, 2.45) is 5.92 Å². The van der Waals surface area contributed by atoms with Crippen LogP contribution in [0.1, 0.15) is 30.9 Å². The summed E-state index contributed by atoms with van der Waals surface area (Å²) in [5, 5.41) is 3.44. The minimum absolute atomic E-state index is 0.213. The maximum Gasteiger partial charge on any atom is 0.161 e. The van der Waals surface area contributed by atoms with E-state index in [9.17, 15) is 0 Å². The van der Waals surface area contributed by atoms with E-state index in [1.807, 2.05) is 0 Å². The highest BCUT2D eigenvalue weighted by atomic mass is 16.5. The van der Waals surface area contributed by atoms with Crippen LogP contribution in [0.3, 0.4) is 0 Å². The number of piperidine rings is 1. The van der Waals surface area contributed by atoms with Gasteiger partial charge in [0.15, 0.2) is 11.5 Å². The van der Waals surface area contributed by atoms with Gasteiger partial charge in [-0.2, -0.15) is 0 Å². The predicted octanol–water partition coefficient (Wildman–Crippen LogP) is 2.49. The topological polar surface area (TPSA) is 39.7 Å². The number of ether oxygens (including phenoxy) is 3. The van der Waals surface area contributed by atoms with Crippen molar-refractivity contribution in [2.75, 3.05) is 33.9 Å². The molecule has 0 spiro atoms. The highest BCUT2D eigenvalue weighted by Gasteiger charge is 2.41. The number of nitrogens with one attached hydrogen (secondary N) is 1. The molecule has 2 aliphatic rings. The van der Waals surface area contributed by atoms with Gasteiger partial charge in [-0.3, -0.25) is 0 Å². The fourth-order valence-corrected chi connectivity index (χ4v) is 3.75. The van der Waals surface area contributed by atoms with Crippen molar-refractivity contribution in [3.05, 3.63) is 23.3 Å². The van der Waals surface area contributed by atoms with Gasteiger partial charge in [-0.1, -0.05) is 0 Å². The number of fused-ring (bicyclic) bond motifs is 1. The van der Waals surface area contributed by atoms with Crippen molar-refractivity contribution in [1.82, 2.24) is 5.32 Å². The lowest BCUT2D eigenvalue weighted by Crippen LogP contribution is -2.44. The molecule has 0 saturated carbocycles. The Morgan fingerprint density at radius 3 is 2.48 bits per heavy atom. The first-order chi connectivity index (χ1) is 10.2. The second-order valence-corrected chi connectivity index (χ2v) is 6.09. The van der Waals surface area contributed by atoms with Gasteiger partial charge in [-0.25, -0.2) is 0 Å². The van der Waals surface area contributed by atoms with Gasteiger partial charge < -0.3 is 19.5 Å². The van der Waals surface area contributed by atoms with E-state index in [1.54, 1.807) is 14.2 Å². The van der Waals surface area contributed by atoms with Gasteiger partial charge >= 0.3 is 0 Å². The average Bonchev–Trinajstić information content (AvgIpc) is 2.55. The first kappa shape index (κ1) is 14.7. The zero-order valence-corrected chi connectivity index (χ0v) is 13.2. The summed E-state index contributed by atoms with van der Waals surface area (Å²) in [4.78, 5) is 0. The van der Waals surface area contributed by atoms with Crippen molar-refractivity contribution in [1.29, 1.82) is 0 Å². The standard InChI is InChI=1S/C17H25NO3/c1-17(13-4-7-18-8-5-13)14-11-16(20-3)15(19-2)10-12(14)6-9-21-17/h10-11,13,18H,4-9H2,1-3H3. The number of rotatable bonds is 3. The molecule has 4 nitrogen and oxygen atoms in total. The normalized spacial score (nSPS) is 26.2. The van der Waals surface area contributed by atoms with E-state index in [0.717, 1.165) is 50.5 Å². The van der Waals surface area contributed by atoms with Crippen LogP contribution in [0, 0.1) is 5.92 Å². The maximum absolute atomic E-state index is 6.28. The summed E-state index contributed by atoms with van der Waals surface area (Å²) < 4.78 is 17.2. The summed E-state index contributed by atoms with van der Waals surface area (Å²) in [6, 6.07) is 4.24. The average molecular weight is 291 g/mol. The van der Waals surface area contributed by atoms with Gasteiger partial charge in [0.25, 0.3) is 0 Å². The van der Waals surface area contributed by atoms with Crippen molar-refractivity contribution in [3.8, 4) is 11.5 Å². The van der Waals surface area contributed by atoms with E-state index in [1.165, 1.54) is 11.1 Å². The zero-order valence-electron chi connectivity index (χ0n) is 13.2. The third-order valence-corrected chi connectivity index (χ3v) is 5.04. The first-order valence-electron chi connectivity index (χ1n) is 7.79. The molecule has 0 bridgehead atoms. The monoisotopic (exact) mass is 291 g/mol. The molecule has 0 amide bonds. The van der Waals surface area contributed by atoms with Crippen LogP contribution in [0.25, 0.3) is 0 Å². The molecule has 3 rings (SSSR count). The molecule has 0 aromatic heterocycles. The Balaban J connectivity index is 2.03. The van der Waals surface area contributed by atoms with Gasteiger partial charge in [0.1, 0.15) is 0 Å². The number of benzene rings is 1. The second-order valence-electron chi connectivity index (χ2n) is 6.09. The van der Waals surface area contributed by atoms with Gasteiger partial charge in [0.05, 0.1) is 26.4 Å². The Morgan fingerprint density at radius 2 is 1.81 bits per heavy atom. The van der Waals surface area contributed by atoms with Gasteiger partial charge in [0, 0.05) is 0 Å². The van der Waals surface area contributed by atoms with E-state index in [4.69, 9.17) is 14.2 Å². The van der Waals surface area contributed by atoms with E-state index >= 15 is 0 Å². The summed E-state index contributed by atoms with van der Waals surface area (Å²) in [7, 11) is 3.38. The summed E-state index contributed by atoms with van der Waals surface area (Å²) in [5.41, 5.74) is 2.40. The van der Waals surface area contributed by atoms with Crippen LogP contribution in [-0.4, -0.2) is 33.9 Å². The molecule has 0 aliphatic carbocycles. The van der Waals surface area contributed by atoms with Gasteiger partial charge in [0.2, 0.25) is 0 Å². The number of hydrogen-bond donors (Lipinski definition) is 1.